The predicted octanol–water partition coefficient (Wildman–Crippen LogP) is 4.13. The number of hydrogen-bond donors (Lipinski definition) is 3. The summed E-state index contributed by atoms with van der Waals surface area (Å²) in [4.78, 5) is 13.7. The minimum atomic E-state index is -1.20. The Bertz CT molecular complexity index is 868. The van der Waals surface area contributed by atoms with Crippen LogP contribution in [0.15, 0.2) is 30.3 Å². The van der Waals surface area contributed by atoms with Gasteiger partial charge in [0.1, 0.15) is 11.8 Å². The maximum Gasteiger partial charge on any atom is 0.261 e. The second-order valence-electron chi connectivity index (χ2n) is 6.73. The van der Waals surface area contributed by atoms with Crippen LogP contribution in [0.5, 0.6) is 0 Å². The van der Waals surface area contributed by atoms with Gasteiger partial charge in [0.2, 0.25) is 0 Å². The Morgan fingerprint density at radius 1 is 1.41 bits per heavy atom. The number of nitrogens with one attached hydrogen (secondary N) is 3. The van der Waals surface area contributed by atoms with Gasteiger partial charge in [-0.05, 0) is 48.8 Å². The molecular weight excluding hydrogens is 425 g/mol. The van der Waals surface area contributed by atoms with Crippen molar-refractivity contribution in [2.75, 3.05) is 5.75 Å². The summed E-state index contributed by atoms with van der Waals surface area (Å²) in [6.45, 7) is 3.94. The summed E-state index contributed by atoms with van der Waals surface area (Å²) >= 11 is 12.2. The lowest BCUT2D eigenvalue weighted by Crippen LogP contribution is -2.56. The Hall–Kier alpha value is -1.25. The van der Waals surface area contributed by atoms with Gasteiger partial charge < -0.3 is 15.2 Å². The largest absolute Gasteiger partial charge is 0.616 e. The lowest BCUT2D eigenvalue weighted by molar-refractivity contribution is 0.0955. The second kappa shape index (κ2) is 8.01. The highest BCUT2D eigenvalue weighted by atomic mass is 35.5. The van der Waals surface area contributed by atoms with Crippen LogP contribution in [0.1, 0.15) is 40.0 Å². The van der Waals surface area contributed by atoms with Crippen LogP contribution >= 0.6 is 34.5 Å². The minimum absolute atomic E-state index is 0.218. The molecule has 3 rings (SSSR count). The average Bonchev–Trinajstić information content (AvgIpc) is 3.01. The molecule has 0 spiro atoms. The van der Waals surface area contributed by atoms with Crippen molar-refractivity contribution in [1.82, 2.24) is 10.6 Å². The van der Waals surface area contributed by atoms with Crippen molar-refractivity contribution >= 4 is 57.5 Å². The normalized spacial score (nSPS) is 21.6. The van der Waals surface area contributed by atoms with Gasteiger partial charge in [0.25, 0.3) is 5.91 Å². The van der Waals surface area contributed by atoms with E-state index in [0.29, 0.717) is 27.2 Å². The Balaban J connectivity index is 1.69. The Labute approximate surface area is 175 Å². The van der Waals surface area contributed by atoms with Crippen molar-refractivity contribution in [2.45, 2.75) is 31.2 Å². The van der Waals surface area contributed by atoms with E-state index in [2.05, 4.69) is 10.6 Å². The number of hydrogen-bond acceptors (Lipinski definition) is 4. The number of thiophene rings is 1. The van der Waals surface area contributed by atoms with E-state index in [4.69, 9.17) is 28.6 Å². The molecule has 144 valence electrons. The van der Waals surface area contributed by atoms with Crippen molar-refractivity contribution in [3.8, 4) is 0 Å². The fraction of sp³-hybridized carbons (Fsp3) is 0.333. The van der Waals surface area contributed by atoms with Crippen LogP contribution < -0.4 is 10.6 Å². The van der Waals surface area contributed by atoms with Crippen molar-refractivity contribution in [1.29, 1.82) is 5.41 Å². The third kappa shape index (κ3) is 4.43. The van der Waals surface area contributed by atoms with Crippen LogP contribution in [0.4, 0.5) is 0 Å². The molecular formula is C18H19Cl2N3O2S2. The number of amidine groups is 1. The van der Waals surface area contributed by atoms with Gasteiger partial charge in [-0.15, -0.1) is 11.3 Å². The van der Waals surface area contributed by atoms with Crippen LogP contribution in [-0.4, -0.2) is 26.8 Å². The lowest BCUT2D eigenvalue weighted by Gasteiger charge is -2.38. The van der Waals surface area contributed by atoms with Crippen LogP contribution in [0.2, 0.25) is 10.0 Å². The van der Waals surface area contributed by atoms with Gasteiger partial charge in [0, 0.05) is 11.6 Å². The molecule has 0 radical (unpaired) electrons. The topological polar surface area (TPSA) is 88.0 Å². The molecule has 0 aliphatic carbocycles. The Morgan fingerprint density at radius 2 is 2.07 bits per heavy atom. The molecule has 3 N–H and O–H groups in total. The molecule has 1 fully saturated rings. The fourth-order valence-electron chi connectivity index (χ4n) is 2.61. The standard InChI is InChI=1S/C18H19Cl2N3O2S2/c1-18(2)17(21)23-13(9-27(18)25)15-12(20)7-14(26-15)16(24)22-8-10-3-5-11(19)6-4-10/h3-7,13H,8-9H2,1-2H3,(H2,21,23)(H,22,24). The van der Waals surface area contributed by atoms with Crippen molar-refractivity contribution in [3.05, 3.63) is 55.7 Å². The van der Waals surface area contributed by atoms with E-state index >= 15 is 0 Å². The molecule has 2 heterocycles. The van der Waals surface area contributed by atoms with Gasteiger partial charge in [0.05, 0.1) is 14.8 Å². The molecule has 2 aromatic rings. The molecule has 27 heavy (non-hydrogen) atoms. The van der Waals surface area contributed by atoms with E-state index in [1.54, 1.807) is 32.0 Å². The quantitative estimate of drug-likeness (QED) is 0.620. The number of amides is 1. The maximum absolute atomic E-state index is 12.5. The smallest absolute Gasteiger partial charge is 0.261 e. The van der Waals surface area contributed by atoms with E-state index in [1.807, 2.05) is 12.1 Å². The monoisotopic (exact) mass is 443 g/mol. The third-order valence-electron chi connectivity index (χ3n) is 4.43. The predicted molar refractivity (Wildman–Crippen MR) is 113 cm³/mol. The van der Waals surface area contributed by atoms with E-state index in [9.17, 15) is 9.35 Å². The molecule has 1 amide bonds. The maximum atomic E-state index is 12.5. The van der Waals surface area contributed by atoms with Gasteiger partial charge in [0.15, 0.2) is 10.6 Å². The van der Waals surface area contributed by atoms with Crippen LogP contribution in [0.25, 0.3) is 0 Å². The number of benzene rings is 1. The average molecular weight is 444 g/mol. The molecule has 2 unspecified atom stereocenters. The highest BCUT2D eigenvalue weighted by Crippen LogP contribution is 2.37. The summed E-state index contributed by atoms with van der Waals surface area (Å²) < 4.78 is 11.7. The first-order chi connectivity index (χ1) is 12.7. The first-order valence-electron chi connectivity index (χ1n) is 8.24. The lowest BCUT2D eigenvalue weighted by atomic mass is 10.1. The number of carbonyl (C=O) groups excluding carboxylic acids is 1. The summed E-state index contributed by atoms with van der Waals surface area (Å²) in [5.74, 6) is 0.340. The van der Waals surface area contributed by atoms with E-state index in [1.165, 1.54) is 11.3 Å². The molecule has 1 aliphatic heterocycles. The minimum Gasteiger partial charge on any atom is -0.616 e. The van der Waals surface area contributed by atoms with E-state index in [-0.39, 0.29) is 17.8 Å². The molecule has 1 aliphatic rings. The van der Waals surface area contributed by atoms with Crippen molar-refractivity contribution < 1.29 is 9.35 Å². The van der Waals surface area contributed by atoms with Gasteiger partial charge >= 0.3 is 0 Å². The molecule has 0 bridgehead atoms. The fourth-order valence-corrected chi connectivity index (χ4v) is 5.54. The molecule has 1 aromatic heterocycles. The SMILES string of the molecule is CC1(C)C(=N)NC(c2sc(C(=O)NCc3ccc(Cl)cc3)cc2Cl)C[S+]1[O-]. The number of halogens is 2. The summed E-state index contributed by atoms with van der Waals surface area (Å²) in [7, 11) is 0. The molecule has 9 heteroatoms. The summed E-state index contributed by atoms with van der Waals surface area (Å²) in [6.07, 6.45) is 0. The second-order valence-corrected chi connectivity index (χ2v) is 10.7. The summed E-state index contributed by atoms with van der Waals surface area (Å²) in [5.41, 5.74) is 0.940. The molecule has 1 saturated heterocycles. The highest BCUT2D eigenvalue weighted by molar-refractivity contribution is 7.93. The number of carbonyl (C=O) groups is 1. The van der Waals surface area contributed by atoms with Crippen molar-refractivity contribution in [2.24, 2.45) is 0 Å². The van der Waals surface area contributed by atoms with Gasteiger partial charge in [-0.25, -0.2) is 0 Å². The van der Waals surface area contributed by atoms with Crippen molar-refractivity contribution in [3.63, 3.8) is 0 Å². The van der Waals surface area contributed by atoms with Gasteiger partial charge in [-0.3, -0.25) is 10.2 Å². The zero-order chi connectivity index (χ0) is 19.8. The zero-order valence-corrected chi connectivity index (χ0v) is 17.9. The highest BCUT2D eigenvalue weighted by Gasteiger charge is 2.45. The summed E-state index contributed by atoms with van der Waals surface area (Å²) in [5, 5.41) is 15.1. The van der Waals surface area contributed by atoms with Crippen LogP contribution in [-0.2, 0) is 17.7 Å². The van der Waals surface area contributed by atoms with Gasteiger partial charge in [-0.1, -0.05) is 35.3 Å². The molecule has 1 aromatic carbocycles. The molecule has 2 atom stereocenters. The number of rotatable bonds is 4. The Morgan fingerprint density at radius 3 is 2.70 bits per heavy atom. The molecule has 0 saturated carbocycles. The first-order valence-corrected chi connectivity index (χ1v) is 11.1. The third-order valence-corrected chi connectivity index (χ3v) is 8.33. The zero-order valence-electron chi connectivity index (χ0n) is 14.8. The Kier molecular flexibility index (Phi) is 6.08. The summed E-state index contributed by atoms with van der Waals surface area (Å²) in [6, 6.07) is 8.53. The van der Waals surface area contributed by atoms with Crippen LogP contribution in [0.3, 0.4) is 0 Å². The van der Waals surface area contributed by atoms with E-state index in [0.717, 1.165) is 10.4 Å². The van der Waals surface area contributed by atoms with Gasteiger partial charge in [-0.2, -0.15) is 0 Å². The van der Waals surface area contributed by atoms with Crippen LogP contribution in [0, 0.1) is 5.41 Å². The molecule has 5 nitrogen and oxygen atoms in total. The first kappa shape index (κ1) is 20.5. The van der Waals surface area contributed by atoms with E-state index < -0.39 is 15.9 Å².